The summed E-state index contributed by atoms with van der Waals surface area (Å²) in [4.78, 5) is 27.5. The number of nitrogens with zero attached hydrogens (tertiary/aromatic N) is 1. The number of fused-ring (bicyclic) bond motifs is 1. The summed E-state index contributed by atoms with van der Waals surface area (Å²) in [5.41, 5.74) is 2.33. The van der Waals surface area contributed by atoms with Crippen molar-refractivity contribution in [3.63, 3.8) is 0 Å². The van der Waals surface area contributed by atoms with Crippen LogP contribution in [-0.4, -0.2) is 16.8 Å². The van der Waals surface area contributed by atoms with E-state index >= 15 is 0 Å². The first-order chi connectivity index (χ1) is 15.5. The third kappa shape index (κ3) is 4.32. The van der Waals surface area contributed by atoms with Gasteiger partial charge < -0.3 is 10.0 Å². The third-order valence-electron chi connectivity index (χ3n) is 5.74. The maximum atomic E-state index is 13.3. The van der Waals surface area contributed by atoms with Crippen LogP contribution >= 0.6 is 0 Å². The molecule has 0 aromatic heterocycles. The van der Waals surface area contributed by atoms with E-state index in [4.69, 9.17) is 0 Å². The van der Waals surface area contributed by atoms with Crippen LogP contribution < -0.4 is 4.90 Å². The molecular formula is C28H25NO3. The molecule has 160 valence electrons. The quantitative estimate of drug-likeness (QED) is 0.432. The fraction of sp³-hybridized carbons (Fsp3) is 0.143. The molecule has 32 heavy (non-hydrogen) atoms. The first-order valence-electron chi connectivity index (χ1n) is 10.6. The second kappa shape index (κ2) is 9.16. The zero-order chi connectivity index (χ0) is 22.6. The molecule has 0 saturated heterocycles. The molecule has 0 spiro atoms. The molecule has 1 atom stereocenters. The average molecular weight is 424 g/mol. The van der Waals surface area contributed by atoms with Crippen molar-refractivity contribution in [2.75, 3.05) is 4.90 Å². The monoisotopic (exact) mass is 423 g/mol. The molecule has 0 aliphatic carbocycles. The normalized spacial score (nSPS) is 17.9. The number of allylic oxidation sites excluding steroid dienone is 3. The lowest BCUT2D eigenvalue weighted by molar-refractivity contribution is -0.140. The SMILES string of the molecule is Cc1ccccc1CN1C(=O)C(O)(CC(=O)C=CC=Cc2ccccc2)c2ccccc21. The Hall–Kier alpha value is -3.76. The maximum absolute atomic E-state index is 13.3. The van der Waals surface area contributed by atoms with E-state index in [0.29, 0.717) is 17.8 Å². The summed E-state index contributed by atoms with van der Waals surface area (Å²) in [6, 6.07) is 24.7. The van der Waals surface area contributed by atoms with Gasteiger partial charge in [0.2, 0.25) is 0 Å². The summed E-state index contributed by atoms with van der Waals surface area (Å²) < 4.78 is 0. The predicted octanol–water partition coefficient (Wildman–Crippen LogP) is 4.96. The topological polar surface area (TPSA) is 57.6 Å². The lowest BCUT2D eigenvalue weighted by Gasteiger charge is -2.23. The van der Waals surface area contributed by atoms with E-state index in [-0.39, 0.29) is 12.2 Å². The van der Waals surface area contributed by atoms with Gasteiger partial charge in [-0.25, -0.2) is 0 Å². The Bertz CT molecular complexity index is 1200. The Labute approximate surface area is 188 Å². The molecule has 1 amide bonds. The van der Waals surface area contributed by atoms with Crippen LogP contribution in [0.1, 0.15) is 28.7 Å². The standard InChI is InChI=1S/C28H25NO3/c1-21-11-5-7-15-23(21)20-29-26-18-10-9-17-25(26)28(32,27(29)31)19-24(30)16-8-6-14-22-12-3-2-4-13-22/h2-18,32H,19-20H2,1H3. The highest BCUT2D eigenvalue weighted by atomic mass is 16.3. The van der Waals surface area contributed by atoms with Crippen molar-refractivity contribution in [2.24, 2.45) is 0 Å². The summed E-state index contributed by atoms with van der Waals surface area (Å²) in [6.45, 7) is 2.33. The summed E-state index contributed by atoms with van der Waals surface area (Å²) in [5.74, 6) is -0.783. The Balaban J connectivity index is 1.53. The van der Waals surface area contributed by atoms with E-state index in [0.717, 1.165) is 16.7 Å². The number of rotatable bonds is 7. The van der Waals surface area contributed by atoms with E-state index < -0.39 is 11.5 Å². The molecule has 0 saturated carbocycles. The van der Waals surface area contributed by atoms with Crippen LogP contribution in [0.3, 0.4) is 0 Å². The molecule has 1 heterocycles. The van der Waals surface area contributed by atoms with Crippen molar-refractivity contribution < 1.29 is 14.7 Å². The molecule has 0 bridgehead atoms. The Kier molecular flexibility index (Phi) is 6.15. The first kappa shape index (κ1) is 21.5. The van der Waals surface area contributed by atoms with Crippen LogP contribution in [0.5, 0.6) is 0 Å². The van der Waals surface area contributed by atoms with Crippen LogP contribution in [0.15, 0.2) is 97.1 Å². The summed E-state index contributed by atoms with van der Waals surface area (Å²) in [5, 5.41) is 11.4. The van der Waals surface area contributed by atoms with E-state index in [1.54, 1.807) is 29.2 Å². The number of aryl methyl sites for hydroxylation is 1. The average Bonchev–Trinajstić information content (AvgIpc) is 3.01. The van der Waals surface area contributed by atoms with Crippen LogP contribution in [0.25, 0.3) is 6.08 Å². The number of aliphatic hydroxyl groups is 1. The molecular weight excluding hydrogens is 398 g/mol. The van der Waals surface area contributed by atoms with Gasteiger partial charge in [0.1, 0.15) is 0 Å². The predicted molar refractivity (Wildman–Crippen MR) is 127 cm³/mol. The van der Waals surface area contributed by atoms with E-state index in [1.165, 1.54) is 6.08 Å². The summed E-state index contributed by atoms with van der Waals surface area (Å²) in [7, 11) is 0. The molecule has 1 unspecified atom stereocenters. The van der Waals surface area contributed by atoms with Gasteiger partial charge in [-0.3, -0.25) is 9.59 Å². The molecule has 1 N–H and O–H groups in total. The van der Waals surface area contributed by atoms with Crippen molar-refractivity contribution in [3.8, 4) is 0 Å². The minimum Gasteiger partial charge on any atom is -0.375 e. The van der Waals surface area contributed by atoms with Gasteiger partial charge in [-0.05, 0) is 35.8 Å². The zero-order valence-corrected chi connectivity index (χ0v) is 17.9. The molecule has 0 fully saturated rings. The minimum absolute atomic E-state index is 0.303. The van der Waals surface area contributed by atoms with Crippen molar-refractivity contribution in [2.45, 2.75) is 25.5 Å². The van der Waals surface area contributed by atoms with E-state index in [1.807, 2.05) is 79.7 Å². The lowest BCUT2D eigenvalue weighted by atomic mass is 9.90. The molecule has 4 heteroatoms. The van der Waals surface area contributed by atoms with Crippen LogP contribution in [0, 0.1) is 6.92 Å². The van der Waals surface area contributed by atoms with E-state index in [9.17, 15) is 14.7 Å². The molecule has 1 aliphatic heterocycles. The van der Waals surface area contributed by atoms with Crippen LogP contribution in [0.2, 0.25) is 0 Å². The Morgan fingerprint density at radius 1 is 0.938 bits per heavy atom. The number of anilines is 1. The van der Waals surface area contributed by atoms with Crippen molar-refractivity contribution in [1.82, 2.24) is 0 Å². The van der Waals surface area contributed by atoms with Gasteiger partial charge in [0.05, 0.1) is 18.7 Å². The zero-order valence-electron chi connectivity index (χ0n) is 17.9. The Morgan fingerprint density at radius 2 is 1.62 bits per heavy atom. The molecule has 0 radical (unpaired) electrons. The van der Waals surface area contributed by atoms with Crippen LogP contribution in [0.4, 0.5) is 5.69 Å². The van der Waals surface area contributed by atoms with Crippen molar-refractivity contribution in [1.29, 1.82) is 0 Å². The lowest BCUT2D eigenvalue weighted by Crippen LogP contribution is -2.41. The van der Waals surface area contributed by atoms with Gasteiger partial charge in [-0.2, -0.15) is 0 Å². The highest BCUT2D eigenvalue weighted by Gasteiger charge is 2.50. The number of hydrogen-bond acceptors (Lipinski definition) is 3. The number of carbonyl (C=O) groups excluding carboxylic acids is 2. The van der Waals surface area contributed by atoms with E-state index in [2.05, 4.69) is 0 Å². The smallest absolute Gasteiger partial charge is 0.264 e. The molecule has 3 aromatic carbocycles. The molecule has 1 aliphatic rings. The Morgan fingerprint density at radius 3 is 2.41 bits per heavy atom. The number of benzene rings is 3. The summed E-state index contributed by atoms with van der Waals surface area (Å²) in [6.07, 6.45) is 6.39. The first-order valence-corrected chi connectivity index (χ1v) is 10.6. The fourth-order valence-electron chi connectivity index (χ4n) is 4.00. The van der Waals surface area contributed by atoms with Gasteiger partial charge in [0.25, 0.3) is 5.91 Å². The minimum atomic E-state index is -1.87. The van der Waals surface area contributed by atoms with Crippen LogP contribution in [-0.2, 0) is 21.7 Å². The number of ketones is 1. The van der Waals surface area contributed by atoms with Gasteiger partial charge in [0.15, 0.2) is 11.4 Å². The number of hydrogen-bond donors (Lipinski definition) is 1. The third-order valence-corrected chi connectivity index (χ3v) is 5.74. The molecule has 3 aromatic rings. The van der Waals surface area contributed by atoms with Crippen molar-refractivity contribution in [3.05, 3.63) is 119 Å². The summed E-state index contributed by atoms with van der Waals surface area (Å²) >= 11 is 0. The van der Waals surface area contributed by atoms with Gasteiger partial charge >= 0.3 is 0 Å². The second-order valence-corrected chi connectivity index (χ2v) is 7.97. The number of amides is 1. The highest BCUT2D eigenvalue weighted by molar-refractivity contribution is 6.09. The van der Waals surface area contributed by atoms with Gasteiger partial charge in [-0.15, -0.1) is 0 Å². The maximum Gasteiger partial charge on any atom is 0.264 e. The van der Waals surface area contributed by atoms with Crippen molar-refractivity contribution >= 4 is 23.5 Å². The fourth-order valence-corrected chi connectivity index (χ4v) is 4.00. The second-order valence-electron chi connectivity index (χ2n) is 7.97. The highest BCUT2D eigenvalue weighted by Crippen LogP contribution is 2.43. The molecule has 4 rings (SSSR count). The number of carbonyl (C=O) groups is 2. The van der Waals surface area contributed by atoms with Gasteiger partial charge in [-0.1, -0.05) is 91.0 Å². The molecule has 4 nitrogen and oxygen atoms in total. The number of para-hydroxylation sites is 1. The van der Waals surface area contributed by atoms with Gasteiger partial charge in [0, 0.05) is 5.56 Å². The largest absolute Gasteiger partial charge is 0.375 e.